The number of nitriles is 2. The van der Waals surface area contributed by atoms with Crippen molar-refractivity contribution in [1.82, 2.24) is 5.32 Å². The van der Waals surface area contributed by atoms with Crippen LogP contribution in [0.3, 0.4) is 0 Å². The maximum atomic E-state index is 12.1. The minimum absolute atomic E-state index is 0.109. The predicted molar refractivity (Wildman–Crippen MR) is 80.1 cm³/mol. The second-order valence-electron chi connectivity index (χ2n) is 4.05. The largest absolute Gasteiger partial charge is 0.497 e. The Morgan fingerprint density at radius 3 is 2.68 bits per heavy atom. The molecule has 1 aromatic rings. The zero-order valence-electron chi connectivity index (χ0n) is 12.3. The van der Waals surface area contributed by atoms with Crippen molar-refractivity contribution < 1.29 is 14.3 Å². The van der Waals surface area contributed by atoms with Gasteiger partial charge in [-0.3, -0.25) is 4.79 Å². The van der Waals surface area contributed by atoms with E-state index in [1.54, 1.807) is 24.3 Å². The highest BCUT2D eigenvalue weighted by Gasteiger charge is 2.13. The zero-order valence-corrected chi connectivity index (χ0v) is 12.3. The monoisotopic (exact) mass is 300 g/mol. The molecule has 0 saturated carbocycles. The lowest BCUT2D eigenvalue weighted by Crippen LogP contribution is -2.17. The van der Waals surface area contributed by atoms with Gasteiger partial charge in [0.25, 0.3) is 5.91 Å². The smallest absolute Gasteiger partial charge is 0.267 e. The first kappa shape index (κ1) is 16.9. The average molecular weight is 300 g/mol. The molecule has 7 nitrogen and oxygen atoms in total. The number of amides is 1. The van der Waals surface area contributed by atoms with Crippen LogP contribution in [-0.2, 0) is 4.79 Å². The van der Waals surface area contributed by atoms with Gasteiger partial charge in [-0.15, -0.1) is 0 Å². The first-order valence-corrected chi connectivity index (χ1v) is 6.40. The van der Waals surface area contributed by atoms with E-state index in [0.717, 1.165) is 0 Å². The number of carbonyl (C=O) groups is 1. The van der Waals surface area contributed by atoms with Gasteiger partial charge in [-0.1, -0.05) is 0 Å². The summed E-state index contributed by atoms with van der Waals surface area (Å²) in [5.74, 6) is 0.410. The van der Waals surface area contributed by atoms with Gasteiger partial charge in [0.15, 0.2) is 0 Å². The summed E-state index contributed by atoms with van der Waals surface area (Å²) in [6, 6.07) is 8.68. The molecule has 0 spiro atoms. The Kier molecular flexibility index (Phi) is 6.80. The van der Waals surface area contributed by atoms with Gasteiger partial charge in [0.2, 0.25) is 0 Å². The molecule has 0 atom stereocenters. The van der Waals surface area contributed by atoms with Gasteiger partial charge in [0.1, 0.15) is 23.1 Å². The van der Waals surface area contributed by atoms with Gasteiger partial charge in [-0.2, -0.15) is 10.5 Å². The van der Waals surface area contributed by atoms with Gasteiger partial charge in [0, 0.05) is 18.8 Å². The molecule has 0 aliphatic carbocycles. The number of methoxy groups -OCH3 is 2. The summed E-state index contributed by atoms with van der Waals surface area (Å²) < 4.78 is 10.2. The van der Waals surface area contributed by atoms with Gasteiger partial charge in [0.05, 0.1) is 32.4 Å². The predicted octanol–water partition coefficient (Wildman–Crippen LogP) is 1.55. The minimum atomic E-state index is -0.585. The van der Waals surface area contributed by atoms with Crippen LogP contribution in [-0.4, -0.2) is 26.7 Å². The summed E-state index contributed by atoms with van der Waals surface area (Å²) >= 11 is 0. The third kappa shape index (κ3) is 4.73. The van der Waals surface area contributed by atoms with E-state index in [9.17, 15) is 4.79 Å². The van der Waals surface area contributed by atoms with E-state index in [4.69, 9.17) is 20.0 Å². The van der Waals surface area contributed by atoms with Crippen molar-refractivity contribution in [3.05, 3.63) is 30.0 Å². The molecular formula is C15H16N4O3. The van der Waals surface area contributed by atoms with Crippen LogP contribution in [0.2, 0.25) is 0 Å². The number of rotatable bonds is 7. The first-order valence-electron chi connectivity index (χ1n) is 6.40. The van der Waals surface area contributed by atoms with E-state index < -0.39 is 5.91 Å². The molecule has 0 unspecified atom stereocenters. The lowest BCUT2D eigenvalue weighted by atomic mass is 10.2. The Bertz CT molecular complexity index is 641. The number of carbonyl (C=O) groups excluding carboxylic acids is 1. The van der Waals surface area contributed by atoms with Crippen molar-refractivity contribution in [3.63, 3.8) is 0 Å². The molecule has 0 aromatic heterocycles. The van der Waals surface area contributed by atoms with E-state index >= 15 is 0 Å². The quantitative estimate of drug-likeness (QED) is 0.449. The molecule has 7 heteroatoms. The van der Waals surface area contributed by atoms with Crippen LogP contribution in [0.4, 0.5) is 5.69 Å². The molecule has 0 radical (unpaired) electrons. The third-order valence-electron chi connectivity index (χ3n) is 2.65. The Morgan fingerprint density at radius 1 is 1.32 bits per heavy atom. The summed E-state index contributed by atoms with van der Waals surface area (Å²) in [6.45, 7) is 0.359. The SMILES string of the molecule is COc1ccc(OC)c(NC(=O)/C(C#N)=C\NCCC#N)c1. The van der Waals surface area contributed by atoms with Crippen LogP contribution in [0, 0.1) is 22.7 Å². The summed E-state index contributed by atoms with van der Waals surface area (Å²) in [4.78, 5) is 12.1. The highest BCUT2D eigenvalue weighted by atomic mass is 16.5. The van der Waals surface area contributed by atoms with Crippen LogP contribution in [0.15, 0.2) is 30.0 Å². The second-order valence-corrected chi connectivity index (χ2v) is 4.05. The Morgan fingerprint density at radius 2 is 2.09 bits per heavy atom. The van der Waals surface area contributed by atoms with Gasteiger partial charge >= 0.3 is 0 Å². The summed E-state index contributed by atoms with van der Waals surface area (Å²) in [5, 5.41) is 22.8. The fraction of sp³-hybridized carbons (Fsp3) is 0.267. The van der Waals surface area contributed by atoms with Crippen LogP contribution < -0.4 is 20.1 Å². The zero-order chi connectivity index (χ0) is 16.4. The molecule has 1 rings (SSSR count). The molecule has 0 aliphatic rings. The molecule has 0 fully saturated rings. The summed E-state index contributed by atoms with van der Waals surface area (Å²) in [5.41, 5.74) is 0.285. The maximum Gasteiger partial charge on any atom is 0.267 e. The van der Waals surface area contributed by atoms with Gasteiger partial charge in [-0.05, 0) is 12.1 Å². The Labute approximate surface area is 128 Å². The number of hydrogen-bond acceptors (Lipinski definition) is 6. The Hall–Kier alpha value is -3.19. The number of nitrogens with one attached hydrogen (secondary N) is 2. The molecule has 2 N–H and O–H groups in total. The number of ether oxygens (including phenoxy) is 2. The molecule has 0 saturated heterocycles. The van der Waals surface area contributed by atoms with Crippen LogP contribution >= 0.6 is 0 Å². The lowest BCUT2D eigenvalue weighted by molar-refractivity contribution is -0.112. The summed E-state index contributed by atoms with van der Waals surface area (Å²) in [6.07, 6.45) is 1.56. The standard InChI is InChI=1S/C15H16N4O3/c1-21-12-4-5-14(22-2)13(8-12)19-15(20)11(9-17)10-18-7-3-6-16/h4-5,8,10,18H,3,7H2,1-2H3,(H,19,20)/b11-10-. The van der Waals surface area contributed by atoms with Gasteiger partial charge < -0.3 is 20.1 Å². The van der Waals surface area contributed by atoms with E-state index in [1.807, 2.05) is 6.07 Å². The molecule has 0 aliphatic heterocycles. The fourth-order valence-corrected chi connectivity index (χ4v) is 1.55. The van der Waals surface area contributed by atoms with Crippen molar-refractivity contribution in [3.8, 4) is 23.6 Å². The molecular weight excluding hydrogens is 284 g/mol. The van der Waals surface area contributed by atoms with Crippen molar-refractivity contribution in [1.29, 1.82) is 10.5 Å². The maximum absolute atomic E-state index is 12.1. The Balaban J connectivity index is 2.86. The van der Waals surface area contributed by atoms with E-state index in [0.29, 0.717) is 23.7 Å². The van der Waals surface area contributed by atoms with Gasteiger partial charge in [-0.25, -0.2) is 0 Å². The highest BCUT2D eigenvalue weighted by molar-refractivity contribution is 6.07. The van der Waals surface area contributed by atoms with E-state index in [2.05, 4.69) is 10.6 Å². The summed E-state index contributed by atoms with van der Waals surface area (Å²) in [7, 11) is 2.98. The lowest BCUT2D eigenvalue weighted by Gasteiger charge is -2.11. The van der Waals surface area contributed by atoms with Crippen molar-refractivity contribution in [2.75, 3.05) is 26.1 Å². The topological polar surface area (TPSA) is 107 Å². The normalized spacial score (nSPS) is 10.1. The first-order chi connectivity index (χ1) is 10.7. The van der Waals surface area contributed by atoms with E-state index in [-0.39, 0.29) is 12.0 Å². The molecule has 1 aromatic carbocycles. The van der Waals surface area contributed by atoms with Crippen LogP contribution in [0.25, 0.3) is 0 Å². The fourth-order valence-electron chi connectivity index (χ4n) is 1.55. The van der Waals surface area contributed by atoms with Crippen LogP contribution in [0.5, 0.6) is 11.5 Å². The second kappa shape index (κ2) is 8.88. The average Bonchev–Trinajstić information content (AvgIpc) is 2.54. The molecule has 0 heterocycles. The number of anilines is 1. The molecule has 114 valence electrons. The minimum Gasteiger partial charge on any atom is -0.497 e. The van der Waals surface area contributed by atoms with Crippen molar-refractivity contribution >= 4 is 11.6 Å². The highest BCUT2D eigenvalue weighted by Crippen LogP contribution is 2.29. The number of hydrogen-bond donors (Lipinski definition) is 2. The number of nitrogens with zero attached hydrogens (tertiary/aromatic N) is 2. The molecule has 0 bridgehead atoms. The van der Waals surface area contributed by atoms with Crippen molar-refractivity contribution in [2.45, 2.75) is 6.42 Å². The number of benzene rings is 1. The van der Waals surface area contributed by atoms with Crippen LogP contribution in [0.1, 0.15) is 6.42 Å². The van der Waals surface area contributed by atoms with Crippen molar-refractivity contribution in [2.24, 2.45) is 0 Å². The molecule has 1 amide bonds. The third-order valence-corrected chi connectivity index (χ3v) is 2.65. The van der Waals surface area contributed by atoms with E-state index in [1.165, 1.54) is 20.4 Å². The molecule has 22 heavy (non-hydrogen) atoms.